The van der Waals surface area contributed by atoms with Gasteiger partial charge in [0.2, 0.25) is 0 Å². The predicted octanol–water partition coefficient (Wildman–Crippen LogP) is 5.11. The summed E-state index contributed by atoms with van der Waals surface area (Å²) in [5.74, 6) is -0.349. The Morgan fingerprint density at radius 3 is 2.92 bits per heavy atom. The Kier molecular flexibility index (Phi) is 4.44. The van der Waals surface area contributed by atoms with Crippen LogP contribution >= 0.6 is 22.9 Å². The average molecular weight is 375 g/mol. The van der Waals surface area contributed by atoms with Crippen molar-refractivity contribution in [3.63, 3.8) is 0 Å². The van der Waals surface area contributed by atoms with Crippen LogP contribution in [-0.4, -0.2) is 28.9 Å². The van der Waals surface area contributed by atoms with Gasteiger partial charge in [0, 0.05) is 19.0 Å². The minimum absolute atomic E-state index is 0.143. The van der Waals surface area contributed by atoms with Crippen LogP contribution in [0.5, 0.6) is 0 Å². The van der Waals surface area contributed by atoms with E-state index in [9.17, 15) is 9.18 Å². The third-order valence-corrected chi connectivity index (χ3v) is 6.04. The molecule has 1 atom stereocenters. The number of rotatable bonds is 2. The lowest BCUT2D eigenvalue weighted by Gasteiger charge is -2.32. The van der Waals surface area contributed by atoms with Gasteiger partial charge in [0.1, 0.15) is 5.82 Å². The number of thiazole rings is 1. The molecule has 1 aliphatic rings. The molecule has 0 aliphatic carbocycles. The molecule has 1 saturated heterocycles. The monoisotopic (exact) mass is 374 g/mol. The van der Waals surface area contributed by atoms with Crippen molar-refractivity contribution in [1.82, 2.24) is 9.88 Å². The van der Waals surface area contributed by atoms with E-state index in [0.717, 1.165) is 23.4 Å². The zero-order valence-corrected chi connectivity index (χ0v) is 15.0. The van der Waals surface area contributed by atoms with Gasteiger partial charge >= 0.3 is 0 Å². The summed E-state index contributed by atoms with van der Waals surface area (Å²) in [5.41, 5.74) is 1.36. The summed E-state index contributed by atoms with van der Waals surface area (Å²) >= 11 is 7.75. The number of likely N-dealkylation sites (tertiary alicyclic amines) is 1. The number of hydrogen-bond donors (Lipinski definition) is 0. The minimum atomic E-state index is -0.437. The van der Waals surface area contributed by atoms with Gasteiger partial charge < -0.3 is 4.90 Å². The van der Waals surface area contributed by atoms with Gasteiger partial charge in [0.15, 0.2) is 0 Å². The SMILES string of the molecule is O=C(c1ccc(F)cc1Cl)N1CCC[C@H](c2nc3ccccc3s2)C1. The molecule has 1 fully saturated rings. The summed E-state index contributed by atoms with van der Waals surface area (Å²) in [7, 11) is 0. The van der Waals surface area contributed by atoms with Crippen molar-refractivity contribution in [2.45, 2.75) is 18.8 Å². The van der Waals surface area contributed by atoms with Crippen molar-refractivity contribution < 1.29 is 9.18 Å². The Labute approximate surface area is 154 Å². The Morgan fingerprint density at radius 1 is 1.28 bits per heavy atom. The smallest absolute Gasteiger partial charge is 0.255 e. The quantitative estimate of drug-likeness (QED) is 0.624. The maximum atomic E-state index is 13.2. The number of carbonyl (C=O) groups excluding carboxylic acids is 1. The highest BCUT2D eigenvalue weighted by atomic mass is 35.5. The molecule has 0 spiro atoms. The molecule has 0 unspecified atom stereocenters. The number of nitrogens with zero attached hydrogens (tertiary/aromatic N) is 2. The zero-order valence-electron chi connectivity index (χ0n) is 13.4. The molecule has 2 aromatic carbocycles. The molecular weight excluding hydrogens is 359 g/mol. The van der Waals surface area contributed by atoms with Crippen LogP contribution in [0.4, 0.5) is 4.39 Å². The Bertz CT molecular complexity index is 909. The van der Waals surface area contributed by atoms with Crippen molar-refractivity contribution in [1.29, 1.82) is 0 Å². The Hall–Kier alpha value is -1.98. The van der Waals surface area contributed by atoms with Crippen molar-refractivity contribution in [2.75, 3.05) is 13.1 Å². The van der Waals surface area contributed by atoms with Gasteiger partial charge in [-0.2, -0.15) is 0 Å². The molecule has 0 saturated carbocycles. The first-order valence-corrected chi connectivity index (χ1v) is 9.41. The predicted molar refractivity (Wildman–Crippen MR) is 98.9 cm³/mol. The lowest BCUT2D eigenvalue weighted by molar-refractivity contribution is 0.0707. The van der Waals surface area contributed by atoms with E-state index in [2.05, 4.69) is 6.07 Å². The third-order valence-electron chi connectivity index (χ3n) is 4.53. The van der Waals surface area contributed by atoms with Crippen molar-refractivity contribution in [2.24, 2.45) is 0 Å². The van der Waals surface area contributed by atoms with E-state index in [4.69, 9.17) is 16.6 Å². The van der Waals surface area contributed by atoms with Crippen LogP contribution in [0.3, 0.4) is 0 Å². The summed E-state index contributed by atoms with van der Waals surface area (Å²) in [5, 5.41) is 1.23. The molecule has 3 aromatic rings. The summed E-state index contributed by atoms with van der Waals surface area (Å²) in [6.45, 7) is 1.31. The van der Waals surface area contributed by atoms with E-state index in [1.807, 2.05) is 18.2 Å². The van der Waals surface area contributed by atoms with E-state index in [1.54, 1.807) is 16.2 Å². The fraction of sp³-hybridized carbons (Fsp3) is 0.263. The molecule has 1 aliphatic heterocycles. The zero-order chi connectivity index (χ0) is 17.4. The minimum Gasteiger partial charge on any atom is -0.338 e. The van der Waals surface area contributed by atoms with E-state index in [1.165, 1.54) is 22.9 Å². The van der Waals surface area contributed by atoms with Gasteiger partial charge in [-0.1, -0.05) is 23.7 Å². The molecule has 0 radical (unpaired) electrons. The van der Waals surface area contributed by atoms with Crippen molar-refractivity contribution >= 4 is 39.1 Å². The second kappa shape index (κ2) is 6.73. The highest BCUT2D eigenvalue weighted by Crippen LogP contribution is 2.33. The average Bonchev–Trinajstić information content (AvgIpc) is 3.05. The first kappa shape index (κ1) is 16.5. The summed E-state index contributed by atoms with van der Waals surface area (Å²) in [6.07, 6.45) is 1.94. The molecule has 2 heterocycles. The first-order valence-electron chi connectivity index (χ1n) is 8.21. The number of para-hydroxylation sites is 1. The molecule has 6 heteroatoms. The number of hydrogen-bond acceptors (Lipinski definition) is 3. The largest absolute Gasteiger partial charge is 0.338 e. The number of benzene rings is 2. The van der Waals surface area contributed by atoms with Gasteiger partial charge in [-0.15, -0.1) is 11.3 Å². The molecule has 128 valence electrons. The van der Waals surface area contributed by atoms with Gasteiger partial charge in [0.25, 0.3) is 5.91 Å². The molecule has 1 amide bonds. The van der Waals surface area contributed by atoms with Crippen LogP contribution in [0, 0.1) is 5.82 Å². The molecule has 3 nitrogen and oxygen atoms in total. The van der Waals surface area contributed by atoms with Crippen LogP contribution < -0.4 is 0 Å². The molecule has 0 N–H and O–H groups in total. The molecule has 0 bridgehead atoms. The van der Waals surface area contributed by atoms with E-state index in [0.29, 0.717) is 18.7 Å². The highest BCUT2D eigenvalue weighted by Gasteiger charge is 2.28. The molecular formula is C19H16ClFN2OS. The maximum Gasteiger partial charge on any atom is 0.255 e. The summed E-state index contributed by atoms with van der Waals surface area (Å²) < 4.78 is 14.4. The summed E-state index contributed by atoms with van der Waals surface area (Å²) in [6, 6.07) is 12.0. The first-order chi connectivity index (χ1) is 12.1. The number of piperidine rings is 1. The second-order valence-electron chi connectivity index (χ2n) is 6.23. The fourth-order valence-electron chi connectivity index (χ4n) is 3.26. The third kappa shape index (κ3) is 3.26. The van der Waals surface area contributed by atoms with E-state index in [-0.39, 0.29) is 16.8 Å². The normalized spacial score (nSPS) is 17.8. The van der Waals surface area contributed by atoms with Crippen LogP contribution in [-0.2, 0) is 0 Å². The van der Waals surface area contributed by atoms with Crippen LogP contribution in [0.15, 0.2) is 42.5 Å². The van der Waals surface area contributed by atoms with Gasteiger partial charge in [-0.25, -0.2) is 9.37 Å². The molecule has 1 aromatic heterocycles. The lowest BCUT2D eigenvalue weighted by Crippen LogP contribution is -2.39. The van der Waals surface area contributed by atoms with Gasteiger partial charge in [0.05, 0.1) is 25.8 Å². The number of carbonyl (C=O) groups is 1. The fourth-order valence-corrected chi connectivity index (χ4v) is 4.60. The van der Waals surface area contributed by atoms with Crippen LogP contribution in [0.1, 0.15) is 34.1 Å². The Balaban J connectivity index is 1.57. The van der Waals surface area contributed by atoms with Crippen molar-refractivity contribution in [3.05, 3.63) is 63.9 Å². The number of aromatic nitrogens is 1. The second-order valence-corrected chi connectivity index (χ2v) is 7.70. The highest BCUT2D eigenvalue weighted by molar-refractivity contribution is 7.18. The number of halogens is 2. The lowest BCUT2D eigenvalue weighted by atomic mass is 9.98. The topological polar surface area (TPSA) is 33.2 Å². The van der Waals surface area contributed by atoms with Crippen molar-refractivity contribution in [3.8, 4) is 0 Å². The van der Waals surface area contributed by atoms with Gasteiger partial charge in [-0.05, 0) is 43.2 Å². The van der Waals surface area contributed by atoms with Crippen LogP contribution in [0.25, 0.3) is 10.2 Å². The maximum absolute atomic E-state index is 13.2. The summed E-state index contributed by atoms with van der Waals surface area (Å²) in [4.78, 5) is 19.3. The standard InChI is InChI=1S/C19H16ClFN2OS/c20-15-10-13(21)7-8-14(15)19(24)23-9-3-4-12(11-23)18-22-16-5-1-2-6-17(16)25-18/h1-2,5-8,10,12H,3-4,9,11H2/t12-/m0/s1. The van der Waals surface area contributed by atoms with E-state index < -0.39 is 5.82 Å². The van der Waals surface area contributed by atoms with Crippen LogP contribution in [0.2, 0.25) is 5.02 Å². The number of fused-ring (bicyclic) bond motifs is 1. The van der Waals surface area contributed by atoms with Gasteiger partial charge in [-0.3, -0.25) is 4.79 Å². The van der Waals surface area contributed by atoms with E-state index >= 15 is 0 Å². The molecule has 4 rings (SSSR count). The number of amides is 1. The Morgan fingerprint density at radius 2 is 2.12 bits per heavy atom. The molecule has 25 heavy (non-hydrogen) atoms.